The molecule has 2 rings (SSSR count). The molecule has 2 aliphatic rings. The van der Waals surface area contributed by atoms with Gasteiger partial charge in [0.1, 0.15) is 0 Å². The number of unbranched alkanes of at least 4 members (excludes halogenated alkanes) is 1. The molecule has 0 aromatic carbocycles. The van der Waals surface area contributed by atoms with E-state index in [0.29, 0.717) is 0 Å². The van der Waals surface area contributed by atoms with E-state index in [1.54, 1.807) is 0 Å². The minimum absolute atomic E-state index is 0.901. The molecule has 0 aliphatic heterocycles. The predicted molar refractivity (Wildman–Crippen MR) is 75.2 cm³/mol. The fraction of sp³-hybridized carbons (Fsp3) is 1.00. The van der Waals surface area contributed by atoms with Gasteiger partial charge in [-0.1, -0.05) is 39.5 Å². The Kier molecular flexibility index (Phi) is 5.34. The molecule has 100 valence electrons. The molecule has 2 fully saturated rings. The predicted octanol–water partition coefficient (Wildman–Crippen LogP) is 4.37. The normalized spacial score (nSPS) is 30.0. The maximum absolute atomic E-state index is 3.72. The summed E-state index contributed by atoms with van der Waals surface area (Å²) in [5.41, 5.74) is 0. The Morgan fingerprint density at radius 1 is 1.06 bits per heavy atom. The number of nitrogens with one attached hydrogen (secondary N) is 1. The first-order valence-corrected chi connectivity index (χ1v) is 8.06. The monoisotopic (exact) mass is 237 g/mol. The van der Waals surface area contributed by atoms with Crippen LogP contribution in [0.2, 0.25) is 0 Å². The lowest BCUT2D eigenvalue weighted by Crippen LogP contribution is -2.37. The van der Waals surface area contributed by atoms with Crippen molar-refractivity contribution in [2.45, 2.75) is 77.7 Å². The number of hydrogen-bond donors (Lipinski definition) is 1. The highest BCUT2D eigenvalue weighted by molar-refractivity contribution is 4.88. The Morgan fingerprint density at radius 2 is 1.82 bits per heavy atom. The summed E-state index contributed by atoms with van der Waals surface area (Å²) in [4.78, 5) is 0. The van der Waals surface area contributed by atoms with Gasteiger partial charge in [0, 0.05) is 6.04 Å². The molecule has 1 heteroatoms. The lowest BCUT2D eigenvalue weighted by molar-refractivity contribution is 0.132. The van der Waals surface area contributed by atoms with Gasteiger partial charge in [0.15, 0.2) is 0 Å². The molecule has 0 saturated heterocycles. The lowest BCUT2D eigenvalue weighted by Gasteiger charge is -2.39. The standard InChI is InChI=1S/C16H31N/c1-3-5-6-13(4-2)11-14-7-8-15(14)12-17-16-9-10-16/h13-17H,3-12H2,1-2H3. The number of hydrogen-bond acceptors (Lipinski definition) is 1. The second-order valence-corrected chi connectivity index (χ2v) is 6.43. The van der Waals surface area contributed by atoms with Gasteiger partial charge in [-0.2, -0.15) is 0 Å². The van der Waals surface area contributed by atoms with Gasteiger partial charge in [-0.05, 0) is 56.4 Å². The fourth-order valence-corrected chi connectivity index (χ4v) is 3.23. The van der Waals surface area contributed by atoms with Gasteiger partial charge >= 0.3 is 0 Å². The Morgan fingerprint density at radius 3 is 2.35 bits per heavy atom. The van der Waals surface area contributed by atoms with E-state index in [-0.39, 0.29) is 0 Å². The molecule has 1 N–H and O–H groups in total. The van der Waals surface area contributed by atoms with E-state index in [4.69, 9.17) is 0 Å². The van der Waals surface area contributed by atoms with Crippen LogP contribution in [0.4, 0.5) is 0 Å². The van der Waals surface area contributed by atoms with Gasteiger partial charge in [-0.25, -0.2) is 0 Å². The van der Waals surface area contributed by atoms with E-state index in [2.05, 4.69) is 19.2 Å². The molecular formula is C16H31N. The third kappa shape index (κ3) is 4.28. The average molecular weight is 237 g/mol. The molecule has 1 nitrogen and oxygen atoms in total. The summed E-state index contributed by atoms with van der Waals surface area (Å²) < 4.78 is 0. The summed E-state index contributed by atoms with van der Waals surface area (Å²) in [6.45, 7) is 6.02. The molecule has 0 aromatic heterocycles. The smallest absolute Gasteiger partial charge is 0.00683 e. The van der Waals surface area contributed by atoms with Crippen molar-refractivity contribution in [2.24, 2.45) is 17.8 Å². The summed E-state index contributed by atoms with van der Waals surface area (Å²) in [5.74, 6) is 3.10. The third-order valence-electron chi connectivity index (χ3n) is 5.00. The van der Waals surface area contributed by atoms with Crippen LogP contribution in [0, 0.1) is 17.8 Å². The lowest BCUT2D eigenvalue weighted by atomic mass is 9.68. The van der Waals surface area contributed by atoms with Crippen LogP contribution in [0.15, 0.2) is 0 Å². The van der Waals surface area contributed by atoms with Gasteiger partial charge in [0.05, 0.1) is 0 Å². The molecule has 0 aromatic rings. The summed E-state index contributed by atoms with van der Waals surface area (Å²) in [5, 5.41) is 3.72. The van der Waals surface area contributed by atoms with Crippen LogP contribution in [-0.2, 0) is 0 Å². The molecule has 3 unspecified atom stereocenters. The molecule has 17 heavy (non-hydrogen) atoms. The van der Waals surface area contributed by atoms with Gasteiger partial charge < -0.3 is 5.32 Å². The third-order valence-corrected chi connectivity index (χ3v) is 5.00. The molecule has 2 aliphatic carbocycles. The Hall–Kier alpha value is -0.0400. The molecule has 0 bridgehead atoms. The van der Waals surface area contributed by atoms with E-state index in [1.807, 2.05) is 0 Å². The van der Waals surface area contributed by atoms with Crippen LogP contribution in [0.3, 0.4) is 0 Å². The van der Waals surface area contributed by atoms with Crippen molar-refractivity contribution >= 4 is 0 Å². The van der Waals surface area contributed by atoms with Crippen LogP contribution in [0.25, 0.3) is 0 Å². The van der Waals surface area contributed by atoms with Crippen molar-refractivity contribution in [3.8, 4) is 0 Å². The van der Waals surface area contributed by atoms with Crippen molar-refractivity contribution in [1.29, 1.82) is 0 Å². The van der Waals surface area contributed by atoms with Crippen LogP contribution in [0.5, 0.6) is 0 Å². The minimum Gasteiger partial charge on any atom is -0.314 e. The van der Waals surface area contributed by atoms with Gasteiger partial charge in [0.25, 0.3) is 0 Å². The van der Waals surface area contributed by atoms with Crippen molar-refractivity contribution < 1.29 is 0 Å². The quantitative estimate of drug-likeness (QED) is 0.628. The van der Waals surface area contributed by atoms with E-state index in [9.17, 15) is 0 Å². The summed E-state index contributed by atoms with van der Waals surface area (Å²) in [6.07, 6.45) is 13.1. The zero-order valence-electron chi connectivity index (χ0n) is 11.9. The van der Waals surface area contributed by atoms with Crippen LogP contribution in [-0.4, -0.2) is 12.6 Å². The van der Waals surface area contributed by atoms with Gasteiger partial charge in [0.2, 0.25) is 0 Å². The van der Waals surface area contributed by atoms with Gasteiger partial charge in [-0.15, -0.1) is 0 Å². The molecule has 2 saturated carbocycles. The van der Waals surface area contributed by atoms with E-state index in [1.165, 1.54) is 64.3 Å². The van der Waals surface area contributed by atoms with Crippen LogP contribution in [0.1, 0.15) is 71.6 Å². The zero-order chi connectivity index (χ0) is 12.1. The first-order valence-electron chi connectivity index (χ1n) is 8.06. The highest BCUT2D eigenvalue weighted by Gasteiger charge is 2.33. The summed E-state index contributed by atoms with van der Waals surface area (Å²) in [7, 11) is 0. The Balaban J connectivity index is 1.62. The van der Waals surface area contributed by atoms with E-state index >= 15 is 0 Å². The SMILES string of the molecule is CCCCC(CC)CC1CCC1CNC1CC1. The largest absolute Gasteiger partial charge is 0.314 e. The van der Waals surface area contributed by atoms with Crippen molar-refractivity contribution in [1.82, 2.24) is 5.32 Å². The van der Waals surface area contributed by atoms with Crippen molar-refractivity contribution in [2.75, 3.05) is 6.54 Å². The topological polar surface area (TPSA) is 12.0 Å². The van der Waals surface area contributed by atoms with Crippen LogP contribution >= 0.6 is 0 Å². The van der Waals surface area contributed by atoms with E-state index in [0.717, 1.165) is 23.8 Å². The second-order valence-electron chi connectivity index (χ2n) is 6.43. The van der Waals surface area contributed by atoms with Crippen molar-refractivity contribution in [3.05, 3.63) is 0 Å². The highest BCUT2D eigenvalue weighted by Crippen LogP contribution is 2.40. The minimum atomic E-state index is 0.901. The molecule has 0 heterocycles. The summed E-state index contributed by atoms with van der Waals surface area (Å²) >= 11 is 0. The second kappa shape index (κ2) is 6.78. The highest BCUT2D eigenvalue weighted by atomic mass is 14.9. The molecular weight excluding hydrogens is 206 g/mol. The summed E-state index contributed by atoms with van der Waals surface area (Å²) in [6, 6.07) is 0.901. The number of rotatable bonds is 9. The first kappa shape index (κ1) is 13.4. The maximum Gasteiger partial charge on any atom is 0.00683 e. The Bertz CT molecular complexity index is 210. The zero-order valence-corrected chi connectivity index (χ0v) is 11.9. The Labute approximate surface area is 108 Å². The molecule has 0 spiro atoms. The molecule has 0 amide bonds. The van der Waals surface area contributed by atoms with E-state index < -0.39 is 0 Å². The average Bonchev–Trinajstić information content (AvgIpc) is 3.12. The maximum atomic E-state index is 3.72. The molecule has 3 atom stereocenters. The van der Waals surface area contributed by atoms with Crippen LogP contribution < -0.4 is 5.32 Å². The fourth-order valence-electron chi connectivity index (χ4n) is 3.23. The first-order chi connectivity index (χ1) is 8.33. The van der Waals surface area contributed by atoms with Gasteiger partial charge in [-0.3, -0.25) is 0 Å². The van der Waals surface area contributed by atoms with Crippen molar-refractivity contribution in [3.63, 3.8) is 0 Å². The molecule has 0 radical (unpaired) electrons.